The van der Waals surface area contributed by atoms with Crippen LogP contribution in [-0.2, 0) is 10.7 Å². The van der Waals surface area contributed by atoms with Crippen molar-refractivity contribution >= 4 is 6.09 Å². The number of amides is 1. The van der Waals surface area contributed by atoms with Crippen molar-refractivity contribution in [3.63, 3.8) is 0 Å². The van der Waals surface area contributed by atoms with Crippen LogP contribution in [0.4, 0.5) is 13.6 Å². The molecule has 2 atom stereocenters. The molecule has 150 valence electrons. The molecule has 6 heteroatoms. The molecular weight excluding hydrogens is 352 g/mol. The lowest BCUT2D eigenvalue weighted by Crippen LogP contribution is -2.45. The van der Waals surface area contributed by atoms with Gasteiger partial charge in [-0.05, 0) is 6.42 Å². The molecule has 1 aliphatic heterocycles. The summed E-state index contributed by atoms with van der Waals surface area (Å²) >= 11 is 0. The predicted molar refractivity (Wildman–Crippen MR) is 101 cm³/mol. The Kier molecular flexibility index (Phi) is 8.23. The Bertz CT molecular complexity index is 607. The number of benzene rings is 1. The summed E-state index contributed by atoms with van der Waals surface area (Å²) in [5.41, 5.74) is -0.238. The first kappa shape index (κ1) is 21.4. The lowest BCUT2D eigenvalue weighted by molar-refractivity contribution is -0.0930. The van der Waals surface area contributed by atoms with Crippen molar-refractivity contribution in [3.05, 3.63) is 48.0 Å². The maximum absolute atomic E-state index is 14.4. The first-order valence-electron chi connectivity index (χ1n) is 9.70. The summed E-state index contributed by atoms with van der Waals surface area (Å²) in [4.78, 5) is 13.6. The fourth-order valence-electron chi connectivity index (χ4n) is 3.17. The van der Waals surface area contributed by atoms with E-state index in [-0.39, 0.29) is 18.2 Å². The predicted octanol–water partition coefficient (Wildman–Crippen LogP) is 4.88. The zero-order valence-corrected chi connectivity index (χ0v) is 15.8. The highest BCUT2D eigenvalue weighted by atomic mass is 19.3. The summed E-state index contributed by atoms with van der Waals surface area (Å²) in [5.74, 6) is -3.39. The van der Waals surface area contributed by atoms with E-state index in [1.54, 1.807) is 11.0 Å². The number of alkyl halides is 2. The molecule has 0 spiro atoms. The van der Waals surface area contributed by atoms with Gasteiger partial charge in [0.1, 0.15) is 6.10 Å². The first-order chi connectivity index (χ1) is 13.0. The van der Waals surface area contributed by atoms with Gasteiger partial charge in [-0.3, -0.25) is 0 Å². The SMILES string of the molecule is CCCCCCCN1C(=O)OCC[C@@H]1/C=C/C(O)C(F)(F)c1ccccc1. The number of aliphatic hydroxyl groups is 1. The Labute approximate surface area is 159 Å². The average Bonchev–Trinajstić information content (AvgIpc) is 2.68. The van der Waals surface area contributed by atoms with E-state index in [4.69, 9.17) is 4.74 Å². The largest absolute Gasteiger partial charge is 0.449 e. The molecule has 1 amide bonds. The van der Waals surface area contributed by atoms with Gasteiger partial charge in [0.25, 0.3) is 0 Å². The third-order valence-electron chi connectivity index (χ3n) is 4.82. The van der Waals surface area contributed by atoms with Crippen LogP contribution in [0.3, 0.4) is 0 Å². The van der Waals surface area contributed by atoms with Gasteiger partial charge < -0.3 is 14.7 Å². The quantitative estimate of drug-likeness (QED) is 0.464. The Morgan fingerprint density at radius 2 is 1.96 bits per heavy atom. The minimum atomic E-state index is -3.39. The standard InChI is InChI=1S/C21H29F2NO3/c1-2-3-4-5-9-15-24-18(14-16-27-20(24)26)12-13-19(25)21(22,23)17-10-7-6-8-11-17/h6-8,10-13,18-19,25H,2-5,9,14-16H2,1H3/b13-12+/t18-,19?/m0/s1. The molecule has 0 saturated carbocycles. The summed E-state index contributed by atoms with van der Waals surface area (Å²) < 4.78 is 33.9. The molecular formula is C21H29F2NO3. The van der Waals surface area contributed by atoms with Crippen molar-refractivity contribution < 1.29 is 23.4 Å². The monoisotopic (exact) mass is 381 g/mol. The minimum absolute atomic E-state index is 0.238. The highest BCUT2D eigenvalue weighted by Gasteiger charge is 2.39. The van der Waals surface area contributed by atoms with Gasteiger partial charge in [-0.25, -0.2) is 4.79 Å². The van der Waals surface area contributed by atoms with Crippen LogP contribution in [0, 0.1) is 0 Å². The number of carbonyl (C=O) groups is 1. The van der Waals surface area contributed by atoms with Crippen molar-refractivity contribution in [1.29, 1.82) is 0 Å². The Morgan fingerprint density at radius 1 is 1.26 bits per heavy atom. The third kappa shape index (κ3) is 6.03. The second kappa shape index (κ2) is 10.4. The van der Waals surface area contributed by atoms with E-state index in [1.807, 2.05) is 0 Å². The molecule has 4 nitrogen and oxygen atoms in total. The van der Waals surface area contributed by atoms with E-state index < -0.39 is 18.1 Å². The molecule has 27 heavy (non-hydrogen) atoms. The molecule has 0 bridgehead atoms. The summed E-state index contributed by atoms with van der Waals surface area (Å²) in [5, 5.41) is 10.0. The molecule has 1 unspecified atom stereocenters. The van der Waals surface area contributed by atoms with Crippen LogP contribution in [0.1, 0.15) is 51.0 Å². The maximum Gasteiger partial charge on any atom is 0.410 e. The lowest BCUT2D eigenvalue weighted by Gasteiger charge is -2.33. The molecule has 1 aromatic carbocycles. The van der Waals surface area contributed by atoms with Crippen molar-refractivity contribution in [2.45, 2.75) is 63.5 Å². The van der Waals surface area contributed by atoms with Crippen LogP contribution in [0.2, 0.25) is 0 Å². The van der Waals surface area contributed by atoms with Crippen molar-refractivity contribution in [3.8, 4) is 0 Å². The fourth-order valence-corrected chi connectivity index (χ4v) is 3.17. The Morgan fingerprint density at radius 3 is 2.67 bits per heavy atom. The second-order valence-corrected chi connectivity index (χ2v) is 6.90. The number of hydrogen-bond donors (Lipinski definition) is 1. The van der Waals surface area contributed by atoms with Crippen molar-refractivity contribution in [1.82, 2.24) is 4.90 Å². The highest BCUT2D eigenvalue weighted by Crippen LogP contribution is 2.32. The van der Waals surface area contributed by atoms with Gasteiger partial charge in [0.2, 0.25) is 0 Å². The number of nitrogens with zero attached hydrogens (tertiary/aromatic N) is 1. The molecule has 1 fully saturated rings. The van der Waals surface area contributed by atoms with Gasteiger partial charge in [-0.1, -0.05) is 75.1 Å². The number of carbonyl (C=O) groups excluding carboxylic acids is 1. The van der Waals surface area contributed by atoms with Gasteiger partial charge >= 0.3 is 12.0 Å². The van der Waals surface area contributed by atoms with Crippen molar-refractivity contribution in [2.24, 2.45) is 0 Å². The van der Waals surface area contributed by atoms with Crippen LogP contribution in [0.15, 0.2) is 42.5 Å². The Balaban J connectivity index is 1.98. The van der Waals surface area contributed by atoms with Crippen LogP contribution in [0.25, 0.3) is 0 Å². The maximum atomic E-state index is 14.4. The van der Waals surface area contributed by atoms with Gasteiger partial charge in [0.15, 0.2) is 0 Å². The summed E-state index contributed by atoms with van der Waals surface area (Å²) in [6.07, 6.45) is 6.04. The number of ether oxygens (including phenoxy) is 1. The lowest BCUT2D eigenvalue weighted by atomic mass is 10.0. The number of cyclic esters (lactones) is 1. The minimum Gasteiger partial charge on any atom is -0.449 e. The van der Waals surface area contributed by atoms with Crippen LogP contribution < -0.4 is 0 Å². The van der Waals surface area contributed by atoms with Gasteiger partial charge in [-0.2, -0.15) is 8.78 Å². The number of rotatable bonds is 10. The molecule has 0 aliphatic carbocycles. The molecule has 1 aliphatic rings. The fraction of sp³-hybridized carbons (Fsp3) is 0.571. The summed E-state index contributed by atoms with van der Waals surface area (Å²) in [7, 11) is 0. The van der Waals surface area contributed by atoms with E-state index >= 15 is 0 Å². The zero-order chi connectivity index (χ0) is 19.7. The van der Waals surface area contributed by atoms with Gasteiger partial charge in [0, 0.05) is 18.5 Å². The highest BCUT2D eigenvalue weighted by molar-refractivity contribution is 5.69. The molecule has 1 aromatic rings. The first-order valence-corrected chi connectivity index (χ1v) is 9.70. The molecule has 1 saturated heterocycles. The Hall–Kier alpha value is -1.95. The summed E-state index contributed by atoms with van der Waals surface area (Å²) in [6, 6.07) is 6.91. The number of hydrogen-bond acceptors (Lipinski definition) is 3. The normalized spacial score (nSPS) is 19.3. The van der Waals surface area contributed by atoms with E-state index in [9.17, 15) is 18.7 Å². The van der Waals surface area contributed by atoms with Gasteiger partial charge in [0.05, 0.1) is 12.6 Å². The van der Waals surface area contributed by atoms with Crippen LogP contribution in [0.5, 0.6) is 0 Å². The molecule has 1 heterocycles. The molecule has 2 rings (SSSR count). The van der Waals surface area contributed by atoms with Crippen LogP contribution >= 0.6 is 0 Å². The number of halogens is 2. The number of aliphatic hydroxyl groups excluding tert-OH is 1. The molecule has 0 radical (unpaired) electrons. The van der Waals surface area contributed by atoms with E-state index in [0.717, 1.165) is 38.2 Å². The van der Waals surface area contributed by atoms with E-state index in [0.29, 0.717) is 13.0 Å². The second-order valence-electron chi connectivity index (χ2n) is 6.90. The number of unbranched alkanes of at least 4 members (excludes halogenated alkanes) is 4. The zero-order valence-electron chi connectivity index (χ0n) is 15.8. The van der Waals surface area contributed by atoms with E-state index in [1.165, 1.54) is 30.3 Å². The smallest absolute Gasteiger partial charge is 0.410 e. The molecule has 1 N–H and O–H groups in total. The topological polar surface area (TPSA) is 49.8 Å². The molecule has 0 aromatic heterocycles. The summed E-state index contributed by atoms with van der Waals surface area (Å²) in [6.45, 7) is 2.92. The van der Waals surface area contributed by atoms with Gasteiger partial charge in [-0.15, -0.1) is 0 Å². The third-order valence-corrected chi connectivity index (χ3v) is 4.82. The average molecular weight is 381 g/mol. The van der Waals surface area contributed by atoms with E-state index in [2.05, 4.69) is 6.92 Å². The van der Waals surface area contributed by atoms with Crippen molar-refractivity contribution in [2.75, 3.05) is 13.2 Å². The van der Waals surface area contributed by atoms with Crippen LogP contribution in [-0.4, -0.2) is 41.4 Å².